The molecular weight excluding hydrogens is 212 g/mol. The molecular formula is C15H28O2. The summed E-state index contributed by atoms with van der Waals surface area (Å²) in [6.45, 7) is 9.28. The van der Waals surface area contributed by atoms with Crippen molar-refractivity contribution in [2.45, 2.75) is 65.9 Å². The third-order valence-corrected chi connectivity index (χ3v) is 3.82. The Balaban J connectivity index is 2.59. The van der Waals surface area contributed by atoms with E-state index in [4.69, 9.17) is 4.74 Å². The van der Waals surface area contributed by atoms with E-state index >= 15 is 0 Å². The van der Waals surface area contributed by atoms with E-state index in [1.807, 2.05) is 6.92 Å². The minimum Gasteiger partial charge on any atom is -0.371 e. The van der Waals surface area contributed by atoms with Gasteiger partial charge in [-0.05, 0) is 44.4 Å². The van der Waals surface area contributed by atoms with Crippen molar-refractivity contribution in [3.05, 3.63) is 0 Å². The van der Waals surface area contributed by atoms with Gasteiger partial charge in [0.1, 0.15) is 6.10 Å². The minimum atomic E-state index is -0.146. The number of ether oxygens (including phenoxy) is 1. The second-order valence-electron chi connectivity index (χ2n) is 5.75. The molecule has 1 saturated carbocycles. The van der Waals surface area contributed by atoms with Crippen molar-refractivity contribution in [2.75, 3.05) is 6.61 Å². The summed E-state index contributed by atoms with van der Waals surface area (Å²) in [5, 5.41) is 0. The van der Waals surface area contributed by atoms with Gasteiger partial charge in [-0.15, -0.1) is 0 Å². The summed E-state index contributed by atoms with van der Waals surface area (Å²) >= 11 is 0. The summed E-state index contributed by atoms with van der Waals surface area (Å²) in [5.41, 5.74) is 0. The van der Waals surface area contributed by atoms with Crippen molar-refractivity contribution < 1.29 is 9.53 Å². The average molecular weight is 240 g/mol. The zero-order chi connectivity index (χ0) is 12.8. The van der Waals surface area contributed by atoms with Gasteiger partial charge in [-0.2, -0.15) is 0 Å². The molecule has 0 radical (unpaired) electrons. The summed E-state index contributed by atoms with van der Waals surface area (Å²) < 4.78 is 5.62. The highest BCUT2D eigenvalue weighted by Crippen LogP contribution is 2.34. The highest BCUT2D eigenvalue weighted by atomic mass is 16.5. The molecule has 0 spiro atoms. The smallest absolute Gasteiger partial charge is 0.164 e. The van der Waals surface area contributed by atoms with Crippen LogP contribution in [0, 0.1) is 17.8 Å². The predicted octanol–water partition coefficient (Wildman–Crippen LogP) is 3.83. The first kappa shape index (κ1) is 14.7. The number of hydrogen-bond acceptors (Lipinski definition) is 2. The number of hydrogen-bond donors (Lipinski definition) is 0. The van der Waals surface area contributed by atoms with Crippen LogP contribution in [0.1, 0.15) is 59.8 Å². The molecule has 3 unspecified atom stereocenters. The van der Waals surface area contributed by atoms with Crippen LogP contribution in [0.3, 0.4) is 0 Å². The standard InChI is InChI=1S/C15H28O2/c1-5-7-14(17-6-2)15(16)13-9-11(3)8-12(4)10-13/h11-14H,5-10H2,1-4H3. The molecule has 1 fully saturated rings. The van der Waals surface area contributed by atoms with E-state index in [1.165, 1.54) is 6.42 Å². The molecule has 100 valence electrons. The molecule has 0 N–H and O–H groups in total. The van der Waals surface area contributed by atoms with E-state index < -0.39 is 0 Å². The van der Waals surface area contributed by atoms with Crippen LogP contribution in [0.15, 0.2) is 0 Å². The summed E-state index contributed by atoms with van der Waals surface area (Å²) in [6.07, 6.45) is 5.16. The lowest BCUT2D eigenvalue weighted by atomic mass is 9.74. The summed E-state index contributed by atoms with van der Waals surface area (Å²) in [5.74, 6) is 2.00. The molecule has 0 aliphatic heterocycles. The van der Waals surface area contributed by atoms with Gasteiger partial charge in [-0.3, -0.25) is 4.79 Å². The van der Waals surface area contributed by atoms with Gasteiger partial charge in [-0.1, -0.05) is 27.2 Å². The zero-order valence-electron chi connectivity index (χ0n) is 11.9. The van der Waals surface area contributed by atoms with Crippen molar-refractivity contribution >= 4 is 5.78 Å². The molecule has 0 aromatic rings. The normalized spacial score (nSPS) is 31.2. The van der Waals surface area contributed by atoms with Crippen molar-refractivity contribution in [1.82, 2.24) is 0 Å². The molecule has 0 saturated heterocycles. The molecule has 1 rings (SSSR count). The third kappa shape index (κ3) is 4.42. The van der Waals surface area contributed by atoms with Gasteiger partial charge >= 0.3 is 0 Å². The number of carbonyl (C=O) groups excluding carboxylic acids is 1. The number of Topliss-reactive ketones (excluding diaryl/α,β-unsaturated/α-hetero) is 1. The van der Waals surface area contributed by atoms with E-state index in [1.54, 1.807) is 0 Å². The molecule has 2 nitrogen and oxygen atoms in total. The van der Waals surface area contributed by atoms with E-state index in [2.05, 4.69) is 20.8 Å². The lowest BCUT2D eigenvalue weighted by Crippen LogP contribution is -2.35. The number of carbonyl (C=O) groups is 1. The van der Waals surface area contributed by atoms with Crippen LogP contribution < -0.4 is 0 Å². The van der Waals surface area contributed by atoms with Crippen LogP contribution in [-0.4, -0.2) is 18.5 Å². The predicted molar refractivity (Wildman–Crippen MR) is 71.0 cm³/mol. The van der Waals surface area contributed by atoms with Gasteiger partial charge in [0.15, 0.2) is 5.78 Å². The van der Waals surface area contributed by atoms with E-state index in [0.29, 0.717) is 24.2 Å². The highest BCUT2D eigenvalue weighted by molar-refractivity contribution is 5.85. The van der Waals surface area contributed by atoms with Crippen LogP contribution in [0.2, 0.25) is 0 Å². The fourth-order valence-corrected chi connectivity index (χ4v) is 3.21. The average Bonchev–Trinajstić information content (AvgIpc) is 2.26. The fraction of sp³-hybridized carbons (Fsp3) is 0.933. The topological polar surface area (TPSA) is 26.3 Å². The molecule has 0 bridgehead atoms. The molecule has 0 aromatic heterocycles. The molecule has 2 heteroatoms. The molecule has 0 aromatic carbocycles. The summed E-state index contributed by atoms with van der Waals surface area (Å²) in [7, 11) is 0. The Labute approximate surface area is 106 Å². The van der Waals surface area contributed by atoms with Crippen LogP contribution in [0.5, 0.6) is 0 Å². The molecule has 17 heavy (non-hydrogen) atoms. The SMILES string of the molecule is CCCC(OCC)C(=O)C1CC(C)CC(C)C1. The third-order valence-electron chi connectivity index (χ3n) is 3.82. The van der Waals surface area contributed by atoms with Crippen molar-refractivity contribution in [2.24, 2.45) is 17.8 Å². The Kier molecular flexibility index (Phi) is 6.18. The van der Waals surface area contributed by atoms with Gasteiger partial charge < -0.3 is 4.74 Å². The monoisotopic (exact) mass is 240 g/mol. The first-order chi connectivity index (χ1) is 8.08. The van der Waals surface area contributed by atoms with Gasteiger partial charge in [0, 0.05) is 12.5 Å². The van der Waals surface area contributed by atoms with E-state index in [-0.39, 0.29) is 12.0 Å². The Morgan fingerprint density at radius 3 is 2.24 bits per heavy atom. The van der Waals surface area contributed by atoms with Crippen molar-refractivity contribution in [1.29, 1.82) is 0 Å². The van der Waals surface area contributed by atoms with Crippen molar-refractivity contribution in [3.63, 3.8) is 0 Å². The van der Waals surface area contributed by atoms with Crippen LogP contribution in [-0.2, 0) is 9.53 Å². The largest absolute Gasteiger partial charge is 0.371 e. The van der Waals surface area contributed by atoms with E-state index in [0.717, 1.165) is 25.7 Å². The maximum atomic E-state index is 12.4. The molecule has 0 heterocycles. The fourth-order valence-electron chi connectivity index (χ4n) is 3.21. The number of rotatable bonds is 6. The Morgan fingerprint density at radius 1 is 1.18 bits per heavy atom. The van der Waals surface area contributed by atoms with Gasteiger partial charge in [0.05, 0.1) is 0 Å². The van der Waals surface area contributed by atoms with Crippen LogP contribution in [0.4, 0.5) is 0 Å². The first-order valence-corrected chi connectivity index (χ1v) is 7.23. The second kappa shape index (κ2) is 7.15. The molecule has 1 aliphatic rings. The Morgan fingerprint density at radius 2 is 1.76 bits per heavy atom. The highest BCUT2D eigenvalue weighted by Gasteiger charge is 2.32. The zero-order valence-corrected chi connectivity index (χ0v) is 11.9. The molecule has 3 atom stereocenters. The Bertz CT molecular complexity index is 221. The first-order valence-electron chi connectivity index (χ1n) is 7.23. The minimum absolute atomic E-state index is 0.146. The Hall–Kier alpha value is -0.370. The molecule has 1 aliphatic carbocycles. The lowest BCUT2D eigenvalue weighted by Gasteiger charge is -2.32. The van der Waals surface area contributed by atoms with E-state index in [9.17, 15) is 4.79 Å². The maximum Gasteiger partial charge on any atom is 0.164 e. The second-order valence-corrected chi connectivity index (χ2v) is 5.75. The number of ketones is 1. The molecule has 0 amide bonds. The maximum absolute atomic E-state index is 12.4. The quantitative estimate of drug-likeness (QED) is 0.705. The van der Waals surface area contributed by atoms with Crippen LogP contribution >= 0.6 is 0 Å². The summed E-state index contributed by atoms with van der Waals surface area (Å²) in [6, 6.07) is 0. The lowest BCUT2D eigenvalue weighted by molar-refractivity contribution is -0.137. The van der Waals surface area contributed by atoms with Crippen LogP contribution in [0.25, 0.3) is 0 Å². The van der Waals surface area contributed by atoms with Gasteiger partial charge in [-0.25, -0.2) is 0 Å². The van der Waals surface area contributed by atoms with Crippen molar-refractivity contribution in [3.8, 4) is 0 Å². The van der Waals surface area contributed by atoms with Gasteiger partial charge in [0.25, 0.3) is 0 Å². The van der Waals surface area contributed by atoms with Gasteiger partial charge in [0.2, 0.25) is 0 Å². The summed E-state index contributed by atoms with van der Waals surface area (Å²) in [4.78, 5) is 12.4.